The number of likely N-dealkylation sites (N-methyl/N-ethyl adjacent to an activating group) is 1. The number of rotatable bonds is 8. The summed E-state index contributed by atoms with van der Waals surface area (Å²) in [6.07, 6.45) is 5.13. The molecular formula is C27H29ClFN5O5S2. The van der Waals surface area contributed by atoms with Crippen LogP contribution in [0.1, 0.15) is 48.7 Å². The van der Waals surface area contributed by atoms with Crippen molar-refractivity contribution in [2.45, 2.75) is 49.4 Å². The number of hydrogen-bond donors (Lipinski definition) is 1. The molecule has 3 heterocycles. The van der Waals surface area contributed by atoms with Crippen LogP contribution in [-0.4, -0.2) is 79.5 Å². The molecule has 0 unspecified atom stereocenters. The fourth-order valence-corrected chi connectivity index (χ4v) is 7.97. The molecule has 0 radical (unpaired) electrons. The normalized spacial score (nSPS) is 24.0. The van der Waals surface area contributed by atoms with E-state index in [9.17, 15) is 22.4 Å². The second kappa shape index (κ2) is 10.4. The Labute approximate surface area is 246 Å². The van der Waals surface area contributed by atoms with Crippen molar-refractivity contribution in [3.05, 3.63) is 62.5 Å². The summed E-state index contributed by atoms with van der Waals surface area (Å²) in [6, 6.07) is 2.63. The number of methoxy groups -OCH3 is 1. The van der Waals surface area contributed by atoms with E-state index in [-0.39, 0.29) is 28.1 Å². The van der Waals surface area contributed by atoms with E-state index in [4.69, 9.17) is 21.3 Å². The highest BCUT2D eigenvalue weighted by Gasteiger charge is 2.55. The molecule has 2 atom stereocenters. The molecule has 1 saturated heterocycles. The largest absolute Gasteiger partial charge is 0.466 e. The number of benzene rings is 1. The van der Waals surface area contributed by atoms with Crippen molar-refractivity contribution in [2.24, 2.45) is 10.4 Å². The number of amidine groups is 1. The van der Waals surface area contributed by atoms with E-state index in [1.54, 1.807) is 29.6 Å². The van der Waals surface area contributed by atoms with Gasteiger partial charge in [-0.05, 0) is 43.6 Å². The molecule has 218 valence electrons. The number of nitrogens with one attached hydrogen (secondary N) is 1. The summed E-state index contributed by atoms with van der Waals surface area (Å²) in [7, 11) is -0.724. The molecule has 10 nitrogen and oxygen atoms in total. The van der Waals surface area contributed by atoms with E-state index in [0.29, 0.717) is 42.3 Å². The van der Waals surface area contributed by atoms with Gasteiger partial charge in [-0.15, -0.1) is 11.3 Å². The number of carbonyl (C=O) groups is 2. The number of aliphatic imine (C=N–C) groups is 1. The van der Waals surface area contributed by atoms with Crippen LogP contribution in [0.3, 0.4) is 0 Å². The van der Waals surface area contributed by atoms with Crippen molar-refractivity contribution < 1.29 is 27.1 Å². The average Bonchev–Trinajstić information content (AvgIpc) is 3.84. The molecule has 1 aromatic heterocycles. The number of aromatic nitrogens is 1. The molecule has 2 saturated carbocycles. The van der Waals surface area contributed by atoms with Gasteiger partial charge >= 0.3 is 5.97 Å². The maximum atomic E-state index is 14.6. The molecule has 1 amide bonds. The zero-order valence-corrected chi connectivity index (χ0v) is 24.9. The van der Waals surface area contributed by atoms with Crippen LogP contribution in [0.25, 0.3) is 0 Å². The van der Waals surface area contributed by atoms with E-state index in [1.165, 1.54) is 30.6 Å². The van der Waals surface area contributed by atoms with Gasteiger partial charge in [0.15, 0.2) is 10.8 Å². The maximum Gasteiger partial charge on any atom is 0.338 e. The number of sulfonamides is 1. The molecule has 3 fully saturated rings. The third kappa shape index (κ3) is 5.28. The van der Waals surface area contributed by atoms with Gasteiger partial charge in [0.25, 0.3) is 5.91 Å². The number of carbonyl (C=O) groups excluding carboxylic acids is 2. The van der Waals surface area contributed by atoms with Gasteiger partial charge in [-0.25, -0.2) is 22.6 Å². The minimum Gasteiger partial charge on any atom is -0.466 e. The SMILES string of the molecule is COC(=O)C1=C(CN2CC3(CC3)C[C@H]2C(=O)NS(=O)(=O)C2CC2)N(C)C(c2nccs2)=N[C@H]1c1cccc(F)c1Cl. The summed E-state index contributed by atoms with van der Waals surface area (Å²) < 4.78 is 47.3. The number of esters is 1. The van der Waals surface area contributed by atoms with Crippen molar-refractivity contribution in [1.29, 1.82) is 0 Å². The molecule has 6 rings (SSSR count). The molecule has 2 aromatic rings. The first-order valence-electron chi connectivity index (χ1n) is 13.3. The summed E-state index contributed by atoms with van der Waals surface area (Å²) >= 11 is 7.76. The summed E-state index contributed by atoms with van der Waals surface area (Å²) in [5.74, 6) is -1.43. The Bertz CT molecular complexity index is 1570. The predicted molar refractivity (Wildman–Crippen MR) is 151 cm³/mol. The summed E-state index contributed by atoms with van der Waals surface area (Å²) in [5.41, 5.74) is 0.867. The lowest BCUT2D eigenvalue weighted by molar-refractivity contribution is -0.136. The molecule has 4 aliphatic rings. The predicted octanol–water partition coefficient (Wildman–Crippen LogP) is 3.26. The van der Waals surface area contributed by atoms with Gasteiger partial charge in [0.1, 0.15) is 11.9 Å². The fourth-order valence-electron chi connectivity index (χ4n) is 5.73. The fraction of sp³-hybridized carbons (Fsp3) is 0.481. The second-order valence-corrected chi connectivity index (χ2v) is 14.3. The molecular weight excluding hydrogens is 593 g/mol. The van der Waals surface area contributed by atoms with Crippen LogP contribution in [0, 0.1) is 11.2 Å². The number of thiazole rings is 1. The van der Waals surface area contributed by atoms with E-state index in [2.05, 4.69) is 9.71 Å². The first-order valence-corrected chi connectivity index (χ1v) is 16.1. The topological polar surface area (TPSA) is 121 Å². The first kappa shape index (κ1) is 28.3. The molecule has 0 bridgehead atoms. The lowest BCUT2D eigenvalue weighted by Gasteiger charge is -2.36. The van der Waals surface area contributed by atoms with Crippen molar-refractivity contribution in [3.63, 3.8) is 0 Å². The van der Waals surface area contributed by atoms with Gasteiger partial charge in [0.2, 0.25) is 10.0 Å². The highest BCUT2D eigenvalue weighted by molar-refractivity contribution is 7.90. The molecule has 1 aromatic carbocycles. The number of hydrogen-bond acceptors (Lipinski definition) is 10. The number of ether oxygens (including phenoxy) is 1. The van der Waals surface area contributed by atoms with Gasteiger partial charge in [-0.3, -0.25) is 19.4 Å². The number of likely N-dealkylation sites (tertiary alicyclic amines) is 1. The van der Waals surface area contributed by atoms with Gasteiger partial charge in [0, 0.05) is 43.0 Å². The monoisotopic (exact) mass is 621 g/mol. The highest BCUT2D eigenvalue weighted by atomic mass is 35.5. The first-order chi connectivity index (χ1) is 19.5. The number of halogens is 2. The van der Waals surface area contributed by atoms with Crippen LogP contribution in [0.15, 0.2) is 46.0 Å². The smallest absolute Gasteiger partial charge is 0.338 e. The highest BCUT2D eigenvalue weighted by Crippen LogP contribution is 2.55. The lowest BCUT2D eigenvalue weighted by Crippen LogP contribution is -2.48. The van der Waals surface area contributed by atoms with Crippen LogP contribution >= 0.6 is 22.9 Å². The Kier molecular flexibility index (Phi) is 7.20. The second-order valence-electron chi connectivity index (χ2n) is 11.1. The van der Waals surface area contributed by atoms with Crippen LogP contribution in [0.2, 0.25) is 5.02 Å². The van der Waals surface area contributed by atoms with Gasteiger partial charge < -0.3 is 9.64 Å². The van der Waals surface area contributed by atoms with Crippen LogP contribution in [-0.2, 0) is 24.3 Å². The molecule has 1 spiro atoms. The molecule has 1 N–H and O–H groups in total. The minimum atomic E-state index is -3.73. The quantitative estimate of drug-likeness (QED) is 0.446. The Hall–Kier alpha value is -2.87. The number of amides is 1. The van der Waals surface area contributed by atoms with Crippen LogP contribution in [0.5, 0.6) is 0 Å². The van der Waals surface area contributed by atoms with Gasteiger partial charge in [-0.1, -0.05) is 23.7 Å². The summed E-state index contributed by atoms with van der Waals surface area (Å²) in [6.45, 7) is 0.688. The average molecular weight is 622 g/mol. The zero-order chi connectivity index (χ0) is 29.1. The van der Waals surface area contributed by atoms with Crippen LogP contribution in [0.4, 0.5) is 4.39 Å². The third-order valence-corrected chi connectivity index (χ3v) is 11.3. The Morgan fingerprint density at radius 3 is 2.68 bits per heavy atom. The zero-order valence-electron chi connectivity index (χ0n) is 22.5. The molecule has 2 aliphatic carbocycles. The van der Waals surface area contributed by atoms with Crippen LogP contribution < -0.4 is 4.72 Å². The Morgan fingerprint density at radius 1 is 1.29 bits per heavy atom. The Balaban J connectivity index is 1.42. The minimum absolute atomic E-state index is 0.0674. The van der Waals surface area contributed by atoms with E-state index in [0.717, 1.165) is 12.8 Å². The Morgan fingerprint density at radius 2 is 2.05 bits per heavy atom. The van der Waals surface area contributed by atoms with Gasteiger partial charge in [-0.2, -0.15) is 0 Å². The molecule has 14 heteroatoms. The molecule has 2 aliphatic heterocycles. The van der Waals surface area contributed by atoms with E-state index in [1.807, 2.05) is 4.90 Å². The number of nitrogens with zero attached hydrogens (tertiary/aromatic N) is 4. The van der Waals surface area contributed by atoms with Crippen molar-refractivity contribution in [3.8, 4) is 0 Å². The molecule has 41 heavy (non-hydrogen) atoms. The third-order valence-electron chi connectivity index (χ3n) is 8.29. The van der Waals surface area contributed by atoms with Gasteiger partial charge in [0.05, 0.1) is 29.0 Å². The van der Waals surface area contributed by atoms with E-state index < -0.39 is 45.1 Å². The van der Waals surface area contributed by atoms with Crippen molar-refractivity contribution in [1.82, 2.24) is 19.5 Å². The van der Waals surface area contributed by atoms with Crippen molar-refractivity contribution in [2.75, 3.05) is 27.2 Å². The standard InChI is InChI=1S/C27H29ClFN5O5S2/c1-33-19(13-34-14-27(8-9-27)12-18(34)24(35)32-41(37,38)15-6-7-15)20(26(36)39-2)22(16-4-3-5-17(29)21(16)28)31-23(33)25-30-10-11-40-25/h3-5,10-11,15,18,22H,6-9,12-14H2,1-2H3,(H,32,35)/t18-,22-/m0/s1. The maximum absolute atomic E-state index is 14.6. The summed E-state index contributed by atoms with van der Waals surface area (Å²) in [5, 5.41) is 1.69. The van der Waals surface area contributed by atoms with E-state index >= 15 is 0 Å². The summed E-state index contributed by atoms with van der Waals surface area (Å²) in [4.78, 5) is 39.7. The van der Waals surface area contributed by atoms with Crippen molar-refractivity contribution >= 4 is 50.7 Å². The lowest BCUT2D eigenvalue weighted by atomic mass is 9.94.